The number of alkyl halides is 3. The van der Waals surface area contributed by atoms with Gasteiger partial charge in [-0.05, 0) is 19.1 Å². The maximum atomic E-state index is 13.5. The summed E-state index contributed by atoms with van der Waals surface area (Å²) in [6, 6.07) is 3.79. The van der Waals surface area contributed by atoms with E-state index in [-0.39, 0.29) is 39.3 Å². The molecule has 1 aliphatic rings. The zero-order valence-corrected chi connectivity index (χ0v) is 15.3. The van der Waals surface area contributed by atoms with Crippen molar-refractivity contribution in [2.24, 2.45) is 0 Å². The molecule has 0 radical (unpaired) electrons. The number of nitrogens with one attached hydrogen (secondary N) is 1. The second-order valence-electron chi connectivity index (χ2n) is 5.92. The van der Waals surface area contributed by atoms with Crippen LogP contribution >= 0.6 is 11.6 Å². The Balaban J connectivity index is 1.55. The Morgan fingerprint density at radius 1 is 1.24 bits per heavy atom. The lowest BCUT2D eigenvalue weighted by molar-refractivity contribution is -0.286. The summed E-state index contributed by atoms with van der Waals surface area (Å²) in [7, 11) is 0. The minimum absolute atomic E-state index is 0.00520. The highest BCUT2D eigenvalue weighted by Crippen LogP contribution is 2.45. The average molecular weight is 426 g/mol. The molecule has 12 heteroatoms. The van der Waals surface area contributed by atoms with E-state index in [1.807, 2.05) is 0 Å². The molecule has 0 saturated heterocycles. The monoisotopic (exact) mass is 425 g/mol. The Morgan fingerprint density at radius 2 is 1.97 bits per heavy atom. The first-order valence-corrected chi connectivity index (χ1v) is 8.52. The first kappa shape index (κ1) is 19.0. The highest BCUT2D eigenvalue weighted by molar-refractivity contribution is 6.33. The fourth-order valence-corrected chi connectivity index (χ4v) is 2.91. The summed E-state index contributed by atoms with van der Waals surface area (Å²) in [5.74, 6) is -0.930. The Morgan fingerprint density at radius 3 is 2.62 bits per heavy atom. The molecule has 1 aromatic carbocycles. The van der Waals surface area contributed by atoms with Gasteiger partial charge < -0.3 is 14.8 Å². The summed E-state index contributed by atoms with van der Waals surface area (Å²) >= 11 is 6.11. The molecule has 8 nitrogen and oxygen atoms in total. The van der Waals surface area contributed by atoms with Crippen molar-refractivity contribution < 1.29 is 27.4 Å². The molecule has 3 aromatic rings. The Labute approximate surface area is 166 Å². The van der Waals surface area contributed by atoms with Gasteiger partial charge in [-0.15, -0.1) is 8.78 Å². The smallest absolute Gasteiger partial charge is 0.395 e. The number of rotatable bonds is 4. The molecule has 1 amide bonds. The lowest BCUT2D eigenvalue weighted by Crippen LogP contribution is -2.25. The number of aromatic nitrogens is 4. The fourth-order valence-electron chi connectivity index (χ4n) is 2.66. The van der Waals surface area contributed by atoms with E-state index in [1.54, 1.807) is 0 Å². The first-order chi connectivity index (χ1) is 13.7. The van der Waals surface area contributed by atoms with Crippen molar-refractivity contribution in [2.75, 3.05) is 5.32 Å². The van der Waals surface area contributed by atoms with Crippen molar-refractivity contribution in [3.8, 4) is 22.8 Å². The minimum Gasteiger partial charge on any atom is -0.395 e. The van der Waals surface area contributed by atoms with Crippen molar-refractivity contribution in [1.82, 2.24) is 19.7 Å². The van der Waals surface area contributed by atoms with Gasteiger partial charge in [0.1, 0.15) is 5.69 Å². The van der Waals surface area contributed by atoms with E-state index in [0.717, 1.165) is 4.68 Å². The second-order valence-corrected chi connectivity index (χ2v) is 6.33. The Bertz CT molecular complexity index is 1090. The molecule has 150 valence electrons. The molecule has 0 saturated carbocycles. The highest BCUT2D eigenvalue weighted by atomic mass is 35.5. The van der Waals surface area contributed by atoms with E-state index in [4.69, 9.17) is 11.6 Å². The Kier molecular flexibility index (Phi) is 4.53. The van der Waals surface area contributed by atoms with Crippen molar-refractivity contribution in [3.63, 3.8) is 0 Å². The number of carbonyl (C=O) groups is 1. The predicted molar refractivity (Wildman–Crippen MR) is 94.7 cm³/mol. The van der Waals surface area contributed by atoms with Crippen molar-refractivity contribution in [3.05, 3.63) is 47.5 Å². The van der Waals surface area contributed by atoms with E-state index in [2.05, 4.69) is 29.9 Å². The maximum absolute atomic E-state index is 13.5. The SMILES string of the molecule is CC(F)n1nccc1C(=O)Nc1cnc(-c2cc3c(cc2Cl)OC(F)(F)O3)cn1. The number of fused-ring (bicyclic) bond motifs is 1. The number of benzene rings is 1. The normalized spacial score (nSPS) is 15.2. The van der Waals surface area contributed by atoms with Gasteiger partial charge in [-0.1, -0.05) is 11.6 Å². The molecule has 1 atom stereocenters. The molecule has 2 aromatic heterocycles. The van der Waals surface area contributed by atoms with E-state index >= 15 is 0 Å². The third-order valence-corrected chi connectivity index (χ3v) is 4.21. The van der Waals surface area contributed by atoms with Gasteiger partial charge in [0.05, 0.1) is 23.1 Å². The van der Waals surface area contributed by atoms with Gasteiger partial charge in [0, 0.05) is 17.8 Å². The van der Waals surface area contributed by atoms with Crippen LogP contribution in [0.1, 0.15) is 23.7 Å². The van der Waals surface area contributed by atoms with Crippen LogP contribution in [-0.4, -0.2) is 32.0 Å². The van der Waals surface area contributed by atoms with Gasteiger partial charge in [0.15, 0.2) is 23.6 Å². The third kappa shape index (κ3) is 3.68. The summed E-state index contributed by atoms with van der Waals surface area (Å²) in [5.41, 5.74) is 0.532. The van der Waals surface area contributed by atoms with Crippen LogP contribution in [0.5, 0.6) is 11.5 Å². The maximum Gasteiger partial charge on any atom is 0.586 e. The lowest BCUT2D eigenvalue weighted by Gasteiger charge is -2.09. The topological polar surface area (TPSA) is 91.2 Å². The van der Waals surface area contributed by atoms with Crippen molar-refractivity contribution in [2.45, 2.75) is 19.5 Å². The van der Waals surface area contributed by atoms with Gasteiger partial charge >= 0.3 is 6.29 Å². The molecule has 1 aliphatic heterocycles. The van der Waals surface area contributed by atoms with Gasteiger partial charge in [0.25, 0.3) is 5.91 Å². The highest BCUT2D eigenvalue weighted by Gasteiger charge is 2.43. The number of amides is 1. The minimum atomic E-state index is -3.77. The van der Waals surface area contributed by atoms with E-state index in [1.165, 1.54) is 43.7 Å². The third-order valence-electron chi connectivity index (χ3n) is 3.90. The summed E-state index contributed by atoms with van der Waals surface area (Å²) in [6.45, 7) is 1.24. The zero-order valence-electron chi connectivity index (χ0n) is 14.6. The lowest BCUT2D eigenvalue weighted by atomic mass is 10.1. The standard InChI is InChI=1S/C17H11ClF3N5O3/c1-8(19)26-12(2-3-24-26)16(27)25-15-7-22-11(6-23-15)9-4-13-14(5-10(9)18)29-17(20,21)28-13/h2-8H,1H3,(H,23,25,27). The second kappa shape index (κ2) is 6.92. The van der Waals surface area contributed by atoms with Crippen LogP contribution in [0.15, 0.2) is 36.8 Å². The molecular formula is C17H11ClF3N5O3. The quantitative estimate of drug-likeness (QED) is 0.678. The molecule has 4 rings (SSSR count). The number of ether oxygens (including phenoxy) is 2. The summed E-state index contributed by atoms with van der Waals surface area (Å²) in [4.78, 5) is 20.4. The fraction of sp³-hybridized carbons (Fsp3) is 0.176. The van der Waals surface area contributed by atoms with Crippen LogP contribution in [-0.2, 0) is 0 Å². The average Bonchev–Trinajstić information content (AvgIpc) is 3.25. The molecule has 0 bridgehead atoms. The first-order valence-electron chi connectivity index (χ1n) is 8.14. The molecule has 0 aliphatic carbocycles. The van der Waals surface area contributed by atoms with Gasteiger partial charge in [0.2, 0.25) is 0 Å². The van der Waals surface area contributed by atoms with Gasteiger partial charge in [-0.3, -0.25) is 9.78 Å². The number of hydrogen-bond acceptors (Lipinski definition) is 6. The number of anilines is 1. The summed E-state index contributed by atoms with van der Waals surface area (Å²) in [6.07, 6.45) is -1.44. The molecule has 3 heterocycles. The van der Waals surface area contributed by atoms with Crippen LogP contribution in [0, 0.1) is 0 Å². The van der Waals surface area contributed by atoms with Crippen LogP contribution in [0.2, 0.25) is 5.02 Å². The number of carbonyl (C=O) groups excluding carboxylic acids is 1. The molecule has 29 heavy (non-hydrogen) atoms. The molecule has 0 fully saturated rings. The molecule has 1 N–H and O–H groups in total. The predicted octanol–water partition coefficient (Wildman–Crippen LogP) is 4.06. The van der Waals surface area contributed by atoms with E-state index in [9.17, 15) is 18.0 Å². The van der Waals surface area contributed by atoms with Crippen LogP contribution in [0.3, 0.4) is 0 Å². The largest absolute Gasteiger partial charge is 0.586 e. The molecule has 0 spiro atoms. The Hall–Kier alpha value is -3.34. The number of halogens is 4. The van der Waals surface area contributed by atoms with Crippen LogP contribution in [0.25, 0.3) is 11.3 Å². The molecule has 1 unspecified atom stereocenters. The van der Waals surface area contributed by atoms with Crippen LogP contribution < -0.4 is 14.8 Å². The van der Waals surface area contributed by atoms with Gasteiger partial charge in [-0.2, -0.15) is 5.10 Å². The van der Waals surface area contributed by atoms with E-state index in [0.29, 0.717) is 0 Å². The summed E-state index contributed by atoms with van der Waals surface area (Å²) in [5, 5.41) is 6.30. The van der Waals surface area contributed by atoms with Crippen molar-refractivity contribution >= 4 is 23.3 Å². The van der Waals surface area contributed by atoms with E-state index < -0.39 is 18.5 Å². The van der Waals surface area contributed by atoms with Crippen molar-refractivity contribution in [1.29, 1.82) is 0 Å². The molecular weight excluding hydrogens is 415 g/mol. The summed E-state index contributed by atoms with van der Waals surface area (Å²) < 4.78 is 49.5. The van der Waals surface area contributed by atoms with Gasteiger partial charge in [-0.25, -0.2) is 14.1 Å². The number of hydrogen-bond donors (Lipinski definition) is 1. The zero-order chi connectivity index (χ0) is 20.8. The van der Waals surface area contributed by atoms with Crippen LogP contribution in [0.4, 0.5) is 19.0 Å². The number of nitrogens with zero attached hydrogens (tertiary/aromatic N) is 4.